The van der Waals surface area contributed by atoms with E-state index in [1.165, 1.54) is 39.0 Å². The van der Waals surface area contributed by atoms with Crippen LogP contribution in [0.2, 0.25) is 0 Å². The average molecular weight is 315 g/mol. The highest BCUT2D eigenvalue weighted by Crippen LogP contribution is 2.25. The van der Waals surface area contributed by atoms with Gasteiger partial charge in [0.25, 0.3) is 0 Å². The third kappa shape index (κ3) is 4.95. The molecule has 1 heterocycles. The van der Waals surface area contributed by atoms with Gasteiger partial charge in [0, 0.05) is 12.3 Å². The first kappa shape index (κ1) is 17.3. The molecule has 4 nitrogen and oxygen atoms in total. The monoisotopic (exact) mass is 315 g/mol. The number of pyridine rings is 1. The first-order valence-corrected chi connectivity index (χ1v) is 8.39. The van der Waals surface area contributed by atoms with E-state index in [1.807, 2.05) is 18.2 Å². The Bertz CT molecular complexity index is 667. The number of rotatable bonds is 9. The molecule has 0 saturated heterocycles. The summed E-state index contributed by atoms with van der Waals surface area (Å²) in [4.78, 5) is 15.6. The Balaban J connectivity index is 1.93. The van der Waals surface area contributed by atoms with Gasteiger partial charge in [-0.05, 0) is 30.7 Å². The van der Waals surface area contributed by atoms with Crippen LogP contribution in [-0.4, -0.2) is 22.5 Å². The number of ketones is 1. The van der Waals surface area contributed by atoms with Crippen LogP contribution in [0.1, 0.15) is 62.9 Å². The molecule has 2 rings (SSSR count). The highest BCUT2D eigenvalue weighted by molar-refractivity contribution is 5.97. The molecule has 0 bridgehead atoms. The SMILES string of the molecule is CCCCCCCCOc1ccc2nc(C(C)=O)c(O)cc2c1. The quantitative estimate of drug-likeness (QED) is 0.529. The molecular weight excluding hydrogens is 290 g/mol. The van der Waals surface area contributed by atoms with Crippen LogP contribution in [-0.2, 0) is 0 Å². The van der Waals surface area contributed by atoms with E-state index in [4.69, 9.17) is 4.74 Å². The Labute approximate surface area is 137 Å². The fourth-order valence-electron chi connectivity index (χ4n) is 2.56. The molecule has 2 aromatic rings. The van der Waals surface area contributed by atoms with Gasteiger partial charge in [-0.25, -0.2) is 4.98 Å². The highest BCUT2D eigenvalue weighted by Gasteiger charge is 2.10. The van der Waals surface area contributed by atoms with Crippen molar-refractivity contribution in [2.75, 3.05) is 6.61 Å². The molecule has 4 heteroatoms. The van der Waals surface area contributed by atoms with Crippen molar-refractivity contribution >= 4 is 16.7 Å². The smallest absolute Gasteiger partial charge is 0.181 e. The Morgan fingerprint density at radius 3 is 2.61 bits per heavy atom. The number of carbonyl (C=O) groups is 1. The molecule has 0 aliphatic heterocycles. The number of nitrogens with zero attached hydrogens (tertiary/aromatic N) is 1. The molecule has 1 aromatic carbocycles. The van der Waals surface area contributed by atoms with Gasteiger partial charge >= 0.3 is 0 Å². The predicted molar refractivity (Wildman–Crippen MR) is 92.3 cm³/mol. The maximum Gasteiger partial charge on any atom is 0.181 e. The highest BCUT2D eigenvalue weighted by atomic mass is 16.5. The van der Waals surface area contributed by atoms with Crippen molar-refractivity contribution in [3.05, 3.63) is 30.0 Å². The lowest BCUT2D eigenvalue weighted by Crippen LogP contribution is -1.99. The number of hydrogen-bond acceptors (Lipinski definition) is 4. The van der Waals surface area contributed by atoms with Crippen LogP contribution >= 0.6 is 0 Å². The first-order valence-electron chi connectivity index (χ1n) is 8.39. The van der Waals surface area contributed by atoms with E-state index in [0.29, 0.717) is 12.1 Å². The molecule has 0 aliphatic rings. The fourth-order valence-corrected chi connectivity index (χ4v) is 2.56. The zero-order valence-corrected chi connectivity index (χ0v) is 14.0. The van der Waals surface area contributed by atoms with Crippen molar-refractivity contribution in [1.29, 1.82) is 0 Å². The van der Waals surface area contributed by atoms with Gasteiger partial charge in [-0.3, -0.25) is 4.79 Å². The number of aromatic hydroxyl groups is 1. The van der Waals surface area contributed by atoms with E-state index in [9.17, 15) is 9.90 Å². The molecule has 0 atom stereocenters. The summed E-state index contributed by atoms with van der Waals surface area (Å²) in [5.74, 6) is 0.439. The summed E-state index contributed by atoms with van der Waals surface area (Å²) in [7, 11) is 0. The van der Waals surface area contributed by atoms with Crippen molar-refractivity contribution in [2.24, 2.45) is 0 Å². The van der Waals surface area contributed by atoms with Crippen molar-refractivity contribution in [2.45, 2.75) is 52.4 Å². The van der Waals surface area contributed by atoms with Crippen molar-refractivity contribution in [3.8, 4) is 11.5 Å². The molecule has 124 valence electrons. The van der Waals surface area contributed by atoms with Crippen molar-refractivity contribution in [3.63, 3.8) is 0 Å². The van der Waals surface area contributed by atoms with E-state index < -0.39 is 0 Å². The number of hydrogen-bond donors (Lipinski definition) is 1. The van der Waals surface area contributed by atoms with Crippen LogP contribution in [0.3, 0.4) is 0 Å². The van der Waals surface area contributed by atoms with Gasteiger partial charge in [-0.15, -0.1) is 0 Å². The second-order valence-electron chi connectivity index (χ2n) is 5.88. The fraction of sp³-hybridized carbons (Fsp3) is 0.474. The second-order valence-corrected chi connectivity index (χ2v) is 5.88. The average Bonchev–Trinajstić information content (AvgIpc) is 2.53. The summed E-state index contributed by atoms with van der Waals surface area (Å²) in [6, 6.07) is 7.09. The third-order valence-electron chi connectivity index (χ3n) is 3.87. The van der Waals surface area contributed by atoms with Crippen LogP contribution < -0.4 is 4.74 Å². The minimum Gasteiger partial charge on any atom is -0.506 e. The maximum absolute atomic E-state index is 11.4. The molecule has 0 amide bonds. The van der Waals surface area contributed by atoms with E-state index >= 15 is 0 Å². The van der Waals surface area contributed by atoms with Crippen LogP contribution in [0.25, 0.3) is 10.9 Å². The molecule has 1 aromatic heterocycles. The lowest BCUT2D eigenvalue weighted by molar-refractivity contribution is 0.101. The standard InChI is InChI=1S/C19H25NO3/c1-3-4-5-6-7-8-11-23-16-9-10-17-15(12-16)13-18(22)19(20-17)14(2)21/h9-10,12-13,22H,3-8,11H2,1-2H3. The number of carbonyl (C=O) groups excluding carboxylic acids is 1. The van der Waals surface area contributed by atoms with E-state index in [0.717, 1.165) is 17.6 Å². The van der Waals surface area contributed by atoms with Crippen molar-refractivity contribution < 1.29 is 14.6 Å². The van der Waals surface area contributed by atoms with Gasteiger partial charge in [-0.1, -0.05) is 39.0 Å². The minimum absolute atomic E-state index is 0.0851. The second kappa shape index (κ2) is 8.51. The zero-order chi connectivity index (χ0) is 16.7. The summed E-state index contributed by atoms with van der Waals surface area (Å²) < 4.78 is 5.76. The molecule has 0 aliphatic carbocycles. The lowest BCUT2D eigenvalue weighted by Gasteiger charge is -2.08. The number of ether oxygens (including phenoxy) is 1. The predicted octanol–water partition coefficient (Wildman–Crippen LogP) is 4.88. The number of aromatic nitrogens is 1. The van der Waals surface area contributed by atoms with Crippen LogP contribution in [0.5, 0.6) is 11.5 Å². The number of Topliss-reactive ketones (excluding diaryl/α,β-unsaturated/α-hetero) is 1. The summed E-state index contributed by atoms with van der Waals surface area (Å²) in [6.45, 7) is 4.31. The minimum atomic E-state index is -0.243. The van der Waals surface area contributed by atoms with Gasteiger partial charge in [0.2, 0.25) is 0 Å². The van der Waals surface area contributed by atoms with Crippen LogP contribution in [0.4, 0.5) is 0 Å². The Kier molecular flexibility index (Phi) is 6.39. The van der Waals surface area contributed by atoms with Gasteiger partial charge in [0.05, 0.1) is 12.1 Å². The molecule has 0 saturated carbocycles. The Morgan fingerprint density at radius 1 is 1.13 bits per heavy atom. The number of fused-ring (bicyclic) bond motifs is 1. The molecule has 0 spiro atoms. The van der Waals surface area contributed by atoms with Crippen molar-refractivity contribution in [1.82, 2.24) is 4.98 Å². The van der Waals surface area contributed by atoms with Crippen LogP contribution in [0.15, 0.2) is 24.3 Å². The molecule has 0 fully saturated rings. The molecule has 0 unspecified atom stereocenters. The van der Waals surface area contributed by atoms with Gasteiger partial charge in [-0.2, -0.15) is 0 Å². The summed E-state index contributed by atoms with van der Waals surface area (Å²) in [5.41, 5.74) is 0.790. The van der Waals surface area contributed by atoms with E-state index in [2.05, 4.69) is 11.9 Å². The third-order valence-corrected chi connectivity index (χ3v) is 3.87. The van der Waals surface area contributed by atoms with E-state index in [-0.39, 0.29) is 17.2 Å². The summed E-state index contributed by atoms with van der Waals surface area (Å²) in [5, 5.41) is 10.6. The molecule has 0 radical (unpaired) electrons. The summed E-state index contributed by atoms with van der Waals surface area (Å²) >= 11 is 0. The summed E-state index contributed by atoms with van der Waals surface area (Å²) in [6.07, 6.45) is 7.38. The molecular formula is C19H25NO3. The maximum atomic E-state index is 11.4. The van der Waals surface area contributed by atoms with Crippen LogP contribution in [0, 0.1) is 0 Å². The lowest BCUT2D eigenvalue weighted by atomic mass is 10.1. The largest absolute Gasteiger partial charge is 0.506 e. The number of benzene rings is 1. The van der Waals surface area contributed by atoms with Gasteiger partial charge in [0.15, 0.2) is 5.78 Å². The normalized spacial score (nSPS) is 10.9. The van der Waals surface area contributed by atoms with E-state index in [1.54, 1.807) is 6.07 Å². The first-order chi connectivity index (χ1) is 11.1. The molecule has 23 heavy (non-hydrogen) atoms. The number of unbranched alkanes of at least 4 members (excludes halogenated alkanes) is 5. The van der Waals surface area contributed by atoms with Gasteiger partial charge in [0.1, 0.15) is 17.2 Å². The zero-order valence-electron chi connectivity index (χ0n) is 14.0. The molecule has 1 N–H and O–H groups in total. The Hall–Kier alpha value is -2.10. The Morgan fingerprint density at radius 2 is 1.87 bits per heavy atom. The topological polar surface area (TPSA) is 59.4 Å². The van der Waals surface area contributed by atoms with Gasteiger partial charge < -0.3 is 9.84 Å².